The van der Waals surface area contributed by atoms with Crippen molar-refractivity contribution in [2.24, 2.45) is 0 Å². The Morgan fingerprint density at radius 3 is 2.77 bits per heavy atom. The van der Waals surface area contributed by atoms with Crippen LogP contribution in [0.25, 0.3) is 0 Å². The van der Waals surface area contributed by atoms with Gasteiger partial charge in [-0.3, -0.25) is 0 Å². The summed E-state index contributed by atoms with van der Waals surface area (Å²) in [6, 6.07) is 8.76. The minimum Gasteiger partial charge on any atom is -0.368 e. The van der Waals surface area contributed by atoms with Crippen molar-refractivity contribution < 1.29 is 9.32 Å². The fraction of sp³-hybridized carbons (Fsp3) is 0.333. The molecule has 0 saturated carbocycles. The van der Waals surface area contributed by atoms with Crippen molar-refractivity contribution in [2.45, 2.75) is 18.8 Å². The lowest BCUT2D eigenvalue weighted by atomic mass is 9.94. The number of benzene rings is 1. The number of carbonyl (C=O) groups excluding carboxylic acids is 1. The van der Waals surface area contributed by atoms with Gasteiger partial charge in [-0.15, -0.1) is 0 Å². The van der Waals surface area contributed by atoms with E-state index in [1.165, 1.54) is 0 Å². The standard InChI is InChI=1S/C15H17ClN4O2/c16-11-2-1-3-12(8-11)18-15(21)20-6-4-10(5-7-20)13-9-14(17)22-19-13/h1-3,8-10H,4-7,17H2,(H,18,21). The molecule has 0 spiro atoms. The molecule has 1 saturated heterocycles. The molecule has 2 heterocycles. The number of nitrogens with one attached hydrogen (secondary N) is 1. The van der Waals surface area contributed by atoms with E-state index in [1.807, 2.05) is 6.07 Å². The molecule has 0 unspecified atom stereocenters. The number of piperidine rings is 1. The smallest absolute Gasteiger partial charge is 0.321 e. The van der Waals surface area contributed by atoms with Gasteiger partial charge in [0.05, 0.1) is 5.69 Å². The van der Waals surface area contributed by atoms with E-state index in [9.17, 15) is 4.79 Å². The number of aromatic nitrogens is 1. The maximum Gasteiger partial charge on any atom is 0.321 e. The Bertz CT molecular complexity index is 665. The van der Waals surface area contributed by atoms with Crippen molar-refractivity contribution in [3.8, 4) is 0 Å². The molecule has 1 aromatic heterocycles. The molecule has 0 radical (unpaired) electrons. The SMILES string of the molecule is Nc1cc(C2CCN(C(=O)Nc3cccc(Cl)c3)CC2)no1. The van der Waals surface area contributed by atoms with E-state index in [2.05, 4.69) is 10.5 Å². The van der Waals surface area contributed by atoms with Gasteiger partial charge in [-0.2, -0.15) is 0 Å². The maximum atomic E-state index is 12.2. The second-order valence-corrected chi connectivity index (χ2v) is 5.79. The minimum atomic E-state index is -0.111. The van der Waals surface area contributed by atoms with Gasteiger partial charge in [-0.25, -0.2) is 4.79 Å². The average Bonchev–Trinajstić information content (AvgIpc) is 2.94. The van der Waals surface area contributed by atoms with Gasteiger partial charge in [0.1, 0.15) is 0 Å². The van der Waals surface area contributed by atoms with Gasteiger partial charge in [-0.1, -0.05) is 22.8 Å². The van der Waals surface area contributed by atoms with E-state index < -0.39 is 0 Å². The van der Waals surface area contributed by atoms with Crippen molar-refractivity contribution in [1.29, 1.82) is 0 Å². The highest BCUT2D eigenvalue weighted by Crippen LogP contribution is 2.28. The first-order valence-corrected chi connectivity index (χ1v) is 7.53. The first-order valence-electron chi connectivity index (χ1n) is 7.15. The number of nitrogen functional groups attached to an aromatic ring is 1. The summed E-state index contributed by atoms with van der Waals surface area (Å²) in [6.45, 7) is 1.34. The van der Waals surface area contributed by atoms with E-state index >= 15 is 0 Å². The van der Waals surface area contributed by atoms with Crippen LogP contribution in [0, 0.1) is 0 Å². The Morgan fingerprint density at radius 2 is 2.14 bits per heavy atom. The molecular formula is C15H17ClN4O2. The lowest BCUT2D eigenvalue weighted by molar-refractivity contribution is 0.193. The molecular weight excluding hydrogens is 304 g/mol. The molecule has 0 atom stereocenters. The monoisotopic (exact) mass is 320 g/mol. The second kappa shape index (κ2) is 6.27. The van der Waals surface area contributed by atoms with Gasteiger partial charge < -0.3 is 20.5 Å². The average molecular weight is 321 g/mol. The number of carbonyl (C=O) groups is 1. The van der Waals surface area contributed by atoms with Crippen molar-refractivity contribution in [3.05, 3.63) is 41.0 Å². The molecule has 22 heavy (non-hydrogen) atoms. The zero-order chi connectivity index (χ0) is 15.5. The van der Waals surface area contributed by atoms with Crippen LogP contribution in [0.15, 0.2) is 34.9 Å². The fourth-order valence-electron chi connectivity index (χ4n) is 2.64. The molecule has 1 aromatic carbocycles. The Morgan fingerprint density at radius 1 is 1.36 bits per heavy atom. The second-order valence-electron chi connectivity index (χ2n) is 5.36. The topological polar surface area (TPSA) is 84.4 Å². The predicted molar refractivity (Wildman–Crippen MR) is 84.9 cm³/mol. The molecule has 6 nitrogen and oxygen atoms in total. The Labute approximate surface area is 133 Å². The molecule has 3 N–H and O–H groups in total. The van der Waals surface area contributed by atoms with Gasteiger partial charge in [0.15, 0.2) is 0 Å². The van der Waals surface area contributed by atoms with Crippen LogP contribution >= 0.6 is 11.6 Å². The van der Waals surface area contributed by atoms with E-state index in [-0.39, 0.29) is 11.9 Å². The lowest BCUT2D eigenvalue weighted by Gasteiger charge is -2.31. The largest absolute Gasteiger partial charge is 0.368 e. The summed E-state index contributed by atoms with van der Waals surface area (Å²) in [7, 11) is 0. The molecule has 1 fully saturated rings. The number of nitrogens with two attached hydrogens (primary N) is 1. The van der Waals surface area contributed by atoms with E-state index in [0.29, 0.717) is 29.7 Å². The summed E-state index contributed by atoms with van der Waals surface area (Å²) in [6.07, 6.45) is 1.68. The van der Waals surface area contributed by atoms with E-state index in [4.69, 9.17) is 21.9 Å². The van der Waals surface area contributed by atoms with E-state index in [0.717, 1.165) is 18.5 Å². The van der Waals surface area contributed by atoms with Crippen LogP contribution in [-0.4, -0.2) is 29.2 Å². The van der Waals surface area contributed by atoms with Crippen LogP contribution in [0.2, 0.25) is 5.02 Å². The number of hydrogen-bond donors (Lipinski definition) is 2. The summed E-state index contributed by atoms with van der Waals surface area (Å²) in [5.74, 6) is 0.618. The van der Waals surface area contributed by atoms with Crippen molar-refractivity contribution in [1.82, 2.24) is 10.1 Å². The third-order valence-electron chi connectivity index (χ3n) is 3.82. The summed E-state index contributed by atoms with van der Waals surface area (Å²) in [4.78, 5) is 14.0. The predicted octanol–water partition coefficient (Wildman–Crippen LogP) is 3.32. The normalized spacial score (nSPS) is 15.8. The van der Waals surface area contributed by atoms with Gasteiger partial charge >= 0.3 is 6.03 Å². The number of halogens is 1. The third-order valence-corrected chi connectivity index (χ3v) is 4.06. The van der Waals surface area contributed by atoms with Crippen LogP contribution in [-0.2, 0) is 0 Å². The Hall–Kier alpha value is -2.21. The van der Waals surface area contributed by atoms with E-state index in [1.54, 1.807) is 29.2 Å². The number of amides is 2. The van der Waals surface area contributed by atoms with Crippen LogP contribution in [0.4, 0.5) is 16.4 Å². The van der Waals surface area contributed by atoms with Crippen LogP contribution in [0.5, 0.6) is 0 Å². The molecule has 3 rings (SSSR count). The number of likely N-dealkylation sites (tertiary alicyclic amines) is 1. The molecule has 1 aliphatic heterocycles. The Balaban J connectivity index is 1.55. The fourth-order valence-corrected chi connectivity index (χ4v) is 2.83. The van der Waals surface area contributed by atoms with Gasteiger partial charge in [0, 0.05) is 35.8 Å². The zero-order valence-corrected chi connectivity index (χ0v) is 12.7. The lowest BCUT2D eigenvalue weighted by Crippen LogP contribution is -2.40. The zero-order valence-electron chi connectivity index (χ0n) is 12.0. The van der Waals surface area contributed by atoms with Gasteiger partial charge in [0.25, 0.3) is 0 Å². The molecule has 0 bridgehead atoms. The summed E-state index contributed by atoms with van der Waals surface area (Å²) < 4.78 is 4.90. The number of rotatable bonds is 2. The molecule has 2 aromatic rings. The van der Waals surface area contributed by atoms with Crippen LogP contribution in [0.1, 0.15) is 24.5 Å². The van der Waals surface area contributed by atoms with Crippen LogP contribution < -0.4 is 11.1 Å². The highest BCUT2D eigenvalue weighted by Gasteiger charge is 2.25. The van der Waals surface area contributed by atoms with Crippen molar-refractivity contribution in [3.63, 3.8) is 0 Å². The summed E-state index contributed by atoms with van der Waals surface area (Å²) in [5, 5.41) is 7.41. The number of nitrogens with zero attached hydrogens (tertiary/aromatic N) is 2. The quantitative estimate of drug-likeness (QED) is 0.889. The minimum absolute atomic E-state index is 0.111. The van der Waals surface area contributed by atoms with Crippen LogP contribution in [0.3, 0.4) is 0 Å². The highest BCUT2D eigenvalue weighted by molar-refractivity contribution is 6.30. The molecule has 0 aliphatic carbocycles. The van der Waals surface area contributed by atoms with Gasteiger partial charge in [0.2, 0.25) is 5.88 Å². The first-order chi connectivity index (χ1) is 10.6. The number of hydrogen-bond acceptors (Lipinski definition) is 4. The highest BCUT2D eigenvalue weighted by atomic mass is 35.5. The maximum absolute atomic E-state index is 12.2. The third kappa shape index (κ3) is 3.33. The van der Waals surface area contributed by atoms with Crippen molar-refractivity contribution >= 4 is 29.2 Å². The molecule has 2 amide bonds. The first kappa shape index (κ1) is 14.7. The van der Waals surface area contributed by atoms with Gasteiger partial charge in [-0.05, 0) is 31.0 Å². The molecule has 116 valence electrons. The molecule has 1 aliphatic rings. The summed E-state index contributed by atoms with van der Waals surface area (Å²) in [5.41, 5.74) is 7.11. The molecule has 7 heteroatoms. The summed E-state index contributed by atoms with van der Waals surface area (Å²) >= 11 is 5.91. The number of anilines is 2. The number of urea groups is 1. The van der Waals surface area contributed by atoms with Crippen molar-refractivity contribution in [2.75, 3.05) is 24.1 Å². The Kier molecular flexibility index (Phi) is 4.20.